The summed E-state index contributed by atoms with van der Waals surface area (Å²) >= 11 is 0. The molecule has 9 heteroatoms. The molecule has 1 aromatic carbocycles. The van der Waals surface area contributed by atoms with Gasteiger partial charge in [0.15, 0.2) is 0 Å². The first kappa shape index (κ1) is 27.7. The number of rotatable bonds is 7. The summed E-state index contributed by atoms with van der Waals surface area (Å²) in [5.74, 6) is 0.0227. The van der Waals surface area contributed by atoms with Crippen LogP contribution in [-0.2, 0) is 9.59 Å². The van der Waals surface area contributed by atoms with Crippen LogP contribution in [0.2, 0.25) is 0 Å². The summed E-state index contributed by atoms with van der Waals surface area (Å²) in [5.41, 5.74) is 1.97. The van der Waals surface area contributed by atoms with Crippen molar-refractivity contribution in [3.05, 3.63) is 35.8 Å². The molecule has 4 N–H and O–H groups in total. The van der Waals surface area contributed by atoms with E-state index in [1.54, 1.807) is 13.1 Å². The SMILES string of the molecule is CNC(C)C(=O)NC(C(=O)N1CCC2C1C(c1c[nH]c3cc(F)ccc13)CN2C1CCNCC1)C1CCCCC1. The number of aromatic amines is 1. The summed E-state index contributed by atoms with van der Waals surface area (Å²) in [4.78, 5) is 35.7. The van der Waals surface area contributed by atoms with Crippen LogP contribution in [0, 0.1) is 11.7 Å². The lowest BCUT2D eigenvalue weighted by molar-refractivity contribution is -0.139. The van der Waals surface area contributed by atoms with Crippen molar-refractivity contribution in [1.29, 1.82) is 0 Å². The molecule has 4 aliphatic rings. The van der Waals surface area contributed by atoms with Crippen LogP contribution in [0.4, 0.5) is 4.39 Å². The Morgan fingerprint density at radius 1 is 1.07 bits per heavy atom. The van der Waals surface area contributed by atoms with E-state index in [4.69, 9.17) is 0 Å². The zero-order valence-electron chi connectivity index (χ0n) is 23.9. The number of amides is 2. The fourth-order valence-corrected chi connectivity index (χ4v) is 8.08. The van der Waals surface area contributed by atoms with E-state index >= 15 is 0 Å². The van der Waals surface area contributed by atoms with E-state index in [2.05, 4.69) is 30.7 Å². The van der Waals surface area contributed by atoms with E-state index in [0.29, 0.717) is 18.6 Å². The monoisotopic (exact) mass is 552 g/mol. The molecule has 6 rings (SSSR count). The minimum atomic E-state index is -0.493. The van der Waals surface area contributed by atoms with Crippen molar-refractivity contribution >= 4 is 22.7 Å². The van der Waals surface area contributed by atoms with Crippen molar-refractivity contribution < 1.29 is 14.0 Å². The van der Waals surface area contributed by atoms with Gasteiger partial charge in [-0.2, -0.15) is 0 Å². The summed E-state index contributed by atoms with van der Waals surface area (Å²) in [6, 6.07) is 4.96. The number of benzene rings is 1. The third-order valence-electron chi connectivity index (χ3n) is 10.3. The van der Waals surface area contributed by atoms with Crippen molar-refractivity contribution in [3.63, 3.8) is 0 Å². The molecular formula is C31H45FN6O2. The number of likely N-dealkylation sites (tertiary alicyclic amines) is 2. The van der Waals surface area contributed by atoms with Crippen molar-refractivity contribution in [2.75, 3.05) is 33.2 Å². The van der Waals surface area contributed by atoms with Crippen molar-refractivity contribution in [2.45, 2.75) is 94.4 Å². The first-order chi connectivity index (χ1) is 19.5. The topological polar surface area (TPSA) is 92.5 Å². The van der Waals surface area contributed by atoms with Gasteiger partial charge in [0.25, 0.3) is 0 Å². The molecule has 0 spiro atoms. The zero-order chi connectivity index (χ0) is 27.8. The number of aromatic nitrogens is 1. The van der Waals surface area contributed by atoms with Crippen LogP contribution >= 0.6 is 0 Å². The lowest BCUT2D eigenvalue weighted by atomic mass is 9.82. The molecule has 4 fully saturated rings. The predicted octanol–water partition coefficient (Wildman–Crippen LogP) is 3.10. The molecular weight excluding hydrogens is 507 g/mol. The summed E-state index contributed by atoms with van der Waals surface area (Å²) in [7, 11) is 1.78. The molecule has 3 aliphatic heterocycles. The van der Waals surface area contributed by atoms with Crippen LogP contribution in [0.1, 0.15) is 69.8 Å². The maximum Gasteiger partial charge on any atom is 0.245 e. The Labute approximate surface area is 236 Å². The number of likely N-dealkylation sites (N-methyl/N-ethyl adjacent to an activating group) is 1. The quantitative estimate of drug-likeness (QED) is 0.424. The van der Waals surface area contributed by atoms with Gasteiger partial charge in [-0.15, -0.1) is 0 Å². The average molecular weight is 553 g/mol. The van der Waals surface area contributed by atoms with Gasteiger partial charge in [-0.05, 0) is 88.8 Å². The van der Waals surface area contributed by atoms with Crippen molar-refractivity contribution in [1.82, 2.24) is 30.7 Å². The molecule has 4 heterocycles. The number of fused-ring (bicyclic) bond motifs is 2. The Kier molecular flexibility index (Phi) is 8.15. The fraction of sp³-hybridized carbons (Fsp3) is 0.677. The van der Waals surface area contributed by atoms with Gasteiger partial charge in [-0.25, -0.2) is 4.39 Å². The van der Waals surface area contributed by atoms with Crippen LogP contribution in [0.5, 0.6) is 0 Å². The van der Waals surface area contributed by atoms with Gasteiger partial charge in [0.1, 0.15) is 11.9 Å². The maximum absolute atomic E-state index is 14.5. The fourth-order valence-electron chi connectivity index (χ4n) is 8.08. The second-order valence-corrected chi connectivity index (χ2v) is 12.5. The number of piperidine rings is 1. The first-order valence-corrected chi connectivity index (χ1v) is 15.5. The Balaban J connectivity index is 1.34. The molecule has 40 heavy (non-hydrogen) atoms. The summed E-state index contributed by atoms with van der Waals surface area (Å²) in [6.07, 6.45) is 10.6. The van der Waals surface area contributed by atoms with Gasteiger partial charge in [0.2, 0.25) is 11.8 Å². The Morgan fingerprint density at radius 3 is 2.60 bits per heavy atom. The normalized spacial score (nSPS) is 28.1. The lowest BCUT2D eigenvalue weighted by Crippen LogP contribution is -2.57. The lowest BCUT2D eigenvalue weighted by Gasteiger charge is -2.37. The van der Waals surface area contributed by atoms with E-state index in [9.17, 15) is 14.0 Å². The number of nitrogens with zero attached hydrogens (tertiary/aromatic N) is 2. The summed E-state index contributed by atoms with van der Waals surface area (Å²) < 4.78 is 14.0. The zero-order valence-corrected chi connectivity index (χ0v) is 23.9. The van der Waals surface area contributed by atoms with E-state index in [-0.39, 0.29) is 41.6 Å². The van der Waals surface area contributed by atoms with Gasteiger partial charge in [0, 0.05) is 48.2 Å². The van der Waals surface area contributed by atoms with E-state index in [1.165, 1.54) is 18.1 Å². The van der Waals surface area contributed by atoms with Gasteiger partial charge < -0.3 is 25.8 Å². The largest absolute Gasteiger partial charge is 0.361 e. The highest BCUT2D eigenvalue weighted by Gasteiger charge is 2.53. The van der Waals surface area contributed by atoms with Gasteiger partial charge in [-0.1, -0.05) is 19.3 Å². The third-order valence-corrected chi connectivity index (χ3v) is 10.3. The number of hydrogen-bond acceptors (Lipinski definition) is 5. The number of halogens is 1. The molecule has 1 aliphatic carbocycles. The van der Waals surface area contributed by atoms with Gasteiger partial charge in [-0.3, -0.25) is 14.5 Å². The molecule has 0 bridgehead atoms. The van der Waals surface area contributed by atoms with E-state index in [1.807, 2.05) is 19.2 Å². The second-order valence-electron chi connectivity index (χ2n) is 12.5. The molecule has 8 nitrogen and oxygen atoms in total. The Hall–Kier alpha value is -2.49. The number of nitrogens with one attached hydrogen (secondary N) is 4. The van der Waals surface area contributed by atoms with Crippen LogP contribution in [0.25, 0.3) is 10.9 Å². The van der Waals surface area contributed by atoms with Crippen molar-refractivity contribution in [3.8, 4) is 0 Å². The molecule has 218 valence electrons. The Bertz CT molecular complexity index is 1210. The van der Waals surface area contributed by atoms with Crippen molar-refractivity contribution in [2.24, 2.45) is 5.92 Å². The van der Waals surface area contributed by atoms with E-state index < -0.39 is 6.04 Å². The molecule has 0 radical (unpaired) electrons. The Morgan fingerprint density at radius 2 is 1.85 bits per heavy atom. The van der Waals surface area contributed by atoms with Crippen LogP contribution < -0.4 is 16.0 Å². The minimum Gasteiger partial charge on any atom is -0.361 e. The first-order valence-electron chi connectivity index (χ1n) is 15.5. The van der Waals surface area contributed by atoms with Crippen LogP contribution in [0.3, 0.4) is 0 Å². The van der Waals surface area contributed by atoms with E-state index in [0.717, 1.165) is 75.5 Å². The minimum absolute atomic E-state index is 0.0381. The standard InChI is InChI=1S/C31H45FN6O2/c1-19(33-2)30(39)36-28(20-6-4-3-5-7-20)31(40)37-15-12-27-29(37)25(18-38(27)22-10-13-34-14-11-22)24-17-35-26-16-21(32)8-9-23(24)26/h8-9,16-17,19-20,22,25,27-29,33-35H,3-7,10-15,18H2,1-2H3,(H,36,39). The molecule has 1 saturated carbocycles. The van der Waals surface area contributed by atoms with Crippen LogP contribution in [0.15, 0.2) is 24.4 Å². The summed E-state index contributed by atoms with van der Waals surface area (Å²) in [5, 5.41) is 10.8. The second kappa shape index (κ2) is 11.8. The number of hydrogen-bond donors (Lipinski definition) is 4. The van der Waals surface area contributed by atoms with Gasteiger partial charge >= 0.3 is 0 Å². The molecule has 2 aromatic rings. The highest BCUT2D eigenvalue weighted by molar-refractivity contribution is 5.90. The van der Waals surface area contributed by atoms with Gasteiger partial charge in [0.05, 0.1) is 12.1 Å². The number of carbonyl (C=O) groups is 2. The number of carbonyl (C=O) groups excluding carboxylic acids is 2. The molecule has 5 atom stereocenters. The highest BCUT2D eigenvalue weighted by atomic mass is 19.1. The summed E-state index contributed by atoms with van der Waals surface area (Å²) in [6.45, 7) is 5.50. The third kappa shape index (κ3) is 5.16. The molecule has 3 saturated heterocycles. The molecule has 1 aromatic heterocycles. The van der Waals surface area contributed by atoms with Crippen LogP contribution in [-0.4, -0.2) is 90.0 Å². The molecule has 2 amide bonds. The smallest absolute Gasteiger partial charge is 0.245 e. The predicted molar refractivity (Wildman–Crippen MR) is 155 cm³/mol. The molecule has 5 unspecified atom stereocenters. The highest BCUT2D eigenvalue weighted by Crippen LogP contribution is 2.45. The number of H-pyrrole nitrogens is 1. The maximum atomic E-state index is 14.5. The average Bonchev–Trinajstić information content (AvgIpc) is 3.70.